The van der Waals surface area contributed by atoms with E-state index in [0.29, 0.717) is 0 Å². The van der Waals surface area contributed by atoms with Gasteiger partial charge in [0, 0.05) is 5.54 Å². The van der Waals surface area contributed by atoms with Gasteiger partial charge in [-0.15, -0.1) is 26.3 Å². The first-order valence-electron chi connectivity index (χ1n) is 5.07. The summed E-state index contributed by atoms with van der Waals surface area (Å²) in [7, 11) is -3.76. The first-order chi connectivity index (χ1) is 6.85. The summed E-state index contributed by atoms with van der Waals surface area (Å²) in [4.78, 5) is 0. The normalized spacial score (nSPS) is 15.5. The molecule has 0 aliphatic rings. The largest absolute Gasteiger partial charge is 0.449 e. The zero-order valence-electron chi connectivity index (χ0n) is 10.1. The van der Waals surface area contributed by atoms with E-state index in [-0.39, 0.29) is 5.54 Å². The van der Waals surface area contributed by atoms with Gasteiger partial charge in [0.2, 0.25) is 8.32 Å². The van der Waals surface area contributed by atoms with E-state index < -0.39 is 16.6 Å². The molecule has 1 unspecified atom stereocenters. The van der Waals surface area contributed by atoms with E-state index in [1.54, 1.807) is 0 Å². The molecule has 0 heterocycles. The summed E-state index contributed by atoms with van der Waals surface area (Å²) >= 11 is 0. The van der Waals surface area contributed by atoms with Crippen LogP contribution < -0.4 is 0 Å². The highest BCUT2D eigenvalue weighted by Gasteiger charge is 2.37. The molecule has 3 heteroatoms. The molecule has 0 spiro atoms. The van der Waals surface area contributed by atoms with Crippen LogP contribution in [0.5, 0.6) is 0 Å². The van der Waals surface area contributed by atoms with Crippen molar-refractivity contribution < 1.29 is 4.12 Å². The van der Waals surface area contributed by atoms with Gasteiger partial charge in [-0.1, -0.05) is 23.6 Å². The predicted octanol–water partition coefficient (Wildman–Crippen LogP) is 3.98. The van der Waals surface area contributed by atoms with Gasteiger partial charge >= 0.3 is 0 Å². The third-order valence-corrected chi connectivity index (χ3v) is 10.0. The van der Waals surface area contributed by atoms with E-state index >= 15 is 0 Å². The highest BCUT2D eigenvalue weighted by molar-refractivity contribution is 6.91. The summed E-state index contributed by atoms with van der Waals surface area (Å²) in [5.74, 6) is 0. The lowest BCUT2D eigenvalue weighted by molar-refractivity contribution is 0.557. The minimum absolute atomic E-state index is 0.210. The lowest BCUT2D eigenvalue weighted by Gasteiger charge is -2.35. The van der Waals surface area contributed by atoms with Crippen LogP contribution in [0.25, 0.3) is 0 Å². The highest BCUT2D eigenvalue weighted by Crippen LogP contribution is 2.29. The molecule has 0 amide bonds. The Kier molecular flexibility index (Phi) is 5.21. The van der Waals surface area contributed by atoms with Crippen molar-refractivity contribution in [3.63, 3.8) is 0 Å². The number of hydrogen-bond acceptors (Lipinski definition) is 1. The summed E-state index contributed by atoms with van der Waals surface area (Å²) < 4.78 is 6.27. The molecule has 0 fully saturated rings. The van der Waals surface area contributed by atoms with E-state index in [1.807, 2.05) is 23.6 Å². The van der Waals surface area contributed by atoms with Crippen LogP contribution >= 0.6 is 0 Å². The smallest absolute Gasteiger partial charge is 0.212 e. The van der Waals surface area contributed by atoms with Gasteiger partial charge in [-0.3, -0.25) is 0 Å². The van der Waals surface area contributed by atoms with Crippen molar-refractivity contribution in [2.45, 2.75) is 25.2 Å². The number of allylic oxidation sites excluding steroid dienone is 2. The minimum atomic E-state index is -1.99. The second-order valence-electron chi connectivity index (χ2n) is 4.29. The van der Waals surface area contributed by atoms with Gasteiger partial charge in [0.15, 0.2) is 8.32 Å². The second-order valence-corrected chi connectivity index (χ2v) is 12.2. The molecule has 84 valence electrons. The Bertz CT molecular complexity index is 263. The van der Waals surface area contributed by atoms with Crippen LogP contribution in [0.1, 0.15) is 0 Å². The van der Waals surface area contributed by atoms with Crippen molar-refractivity contribution >= 4 is 16.6 Å². The summed E-state index contributed by atoms with van der Waals surface area (Å²) in [6.45, 7) is 21.8. The molecule has 0 N–H and O–H groups in total. The molecule has 1 nitrogen and oxygen atoms in total. The third-order valence-electron chi connectivity index (χ3n) is 2.55. The van der Waals surface area contributed by atoms with E-state index in [1.165, 1.54) is 0 Å². The molecule has 15 heavy (non-hydrogen) atoms. The molecule has 0 aromatic carbocycles. The summed E-state index contributed by atoms with van der Waals surface area (Å²) in [6.07, 6.45) is 3.79. The van der Waals surface area contributed by atoms with Crippen molar-refractivity contribution in [3.8, 4) is 0 Å². The molecule has 0 bridgehead atoms. The molecule has 1 atom stereocenters. The van der Waals surface area contributed by atoms with E-state index in [4.69, 9.17) is 4.12 Å². The van der Waals surface area contributed by atoms with Gasteiger partial charge in [0.25, 0.3) is 0 Å². The maximum absolute atomic E-state index is 6.27. The van der Waals surface area contributed by atoms with Crippen molar-refractivity contribution in [1.29, 1.82) is 0 Å². The number of rotatable bonds is 7. The zero-order chi connectivity index (χ0) is 12.1. The average Bonchev–Trinajstić information content (AvgIpc) is 2.19. The van der Waals surface area contributed by atoms with Gasteiger partial charge in [-0.2, -0.15) is 0 Å². The zero-order valence-corrected chi connectivity index (χ0v) is 12.1. The lowest BCUT2D eigenvalue weighted by atomic mass is 10.4. The maximum Gasteiger partial charge on any atom is 0.212 e. The predicted molar refractivity (Wildman–Crippen MR) is 74.7 cm³/mol. The van der Waals surface area contributed by atoms with Gasteiger partial charge in [0.1, 0.15) is 0 Å². The van der Waals surface area contributed by atoms with Gasteiger partial charge in [-0.25, -0.2) is 0 Å². The third kappa shape index (κ3) is 3.78. The Morgan fingerprint density at radius 3 is 1.67 bits per heavy atom. The van der Waals surface area contributed by atoms with Crippen molar-refractivity contribution in [2.24, 2.45) is 0 Å². The van der Waals surface area contributed by atoms with Gasteiger partial charge in [0.05, 0.1) is 0 Å². The fourth-order valence-electron chi connectivity index (χ4n) is 1.42. The average molecular weight is 238 g/mol. The SMILES string of the molecule is C=CC(C=C)[Si](C)(C=C)O[Si](C)(C)C=C. The van der Waals surface area contributed by atoms with E-state index in [0.717, 1.165) is 0 Å². The molecular formula is C12H22OSi2. The molecule has 0 radical (unpaired) electrons. The second kappa shape index (κ2) is 5.44. The molecule has 0 saturated carbocycles. The summed E-state index contributed by atoms with van der Waals surface area (Å²) in [5, 5.41) is 0. The Labute approximate surface area is 96.1 Å². The molecular weight excluding hydrogens is 216 g/mol. The first-order valence-corrected chi connectivity index (χ1v) is 10.6. The minimum Gasteiger partial charge on any atom is -0.449 e. The van der Waals surface area contributed by atoms with Gasteiger partial charge < -0.3 is 4.12 Å². The molecule has 0 aromatic rings. The van der Waals surface area contributed by atoms with Crippen LogP contribution in [0.3, 0.4) is 0 Å². The van der Waals surface area contributed by atoms with Crippen LogP contribution in [0.15, 0.2) is 49.9 Å². The topological polar surface area (TPSA) is 9.23 Å². The van der Waals surface area contributed by atoms with Crippen LogP contribution in [-0.2, 0) is 4.12 Å². The van der Waals surface area contributed by atoms with Crippen LogP contribution in [0.4, 0.5) is 0 Å². The van der Waals surface area contributed by atoms with Crippen LogP contribution in [-0.4, -0.2) is 16.6 Å². The fraction of sp³-hybridized carbons (Fsp3) is 0.333. The number of hydrogen-bond donors (Lipinski definition) is 0. The standard InChI is InChI=1S/C12H22OSi2/c1-8-12(9-2)15(7,11-4)13-14(5,6)10-3/h8-12H,1-4H2,5-7H3. The monoisotopic (exact) mass is 238 g/mol. The molecule has 0 rings (SSSR count). The van der Waals surface area contributed by atoms with Crippen molar-refractivity contribution in [1.82, 2.24) is 0 Å². The lowest BCUT2D eigenvalue weighted by Crippen LogP contribution is -2.46. The maximum atomic E-state index is 6.27. The Hall–Kier alpha value is -0.646. The molecule has 0 aliphatic heterocycles. The van der Waals surface area contributed by atoms with Crippen molar-refractivity contribution in [2.75, 3.05) is 0 Å². The Balaban J connectivity index is 5.00. The highest BCUT2D eigenvalue weighted by atomic mass is 28.4. The first kappa shape index (κ1) is 14.4. The van der Waals surface area contributed by atoms with Gasteiger partial charge in [-0.05, 0) is 19.6 Å². The molecule has 0 saturated heterocycles. The van der Waals surface area contributed by atoms with Crippen LogP contribution in [0.2, 0.25) is 25.2 Å². The van der Waals surface area contributed by atoms with E-state index in [2.05, 4.69) is 46.0 Å². The fourth-order valence-corrected chi connectivity index (χ4v) is 8.37. The summed E-state index contributed by atoms with van der Waals surface area (Å²) in [6, 6.07) is 0. The van der Waals surface area contributed by atoms with E-state index in [9.17, 15) is 0 Å². The van der Waals surface area contributed by atoms with Crippen LogP contribution in [0, 0.1) is 0 Å². The Morgan fingerprint density at radius 2 is 1.40 bits per heavy atom. The quantitative estimate of drug-likeness (QED) is 0.481. The van der Waals surface area contributed by atoms with Crippen molar-refractivity contribution in [3.05, 3.63) is 49.9 Å². The molecule has 0 aliphatic carbocycles. The molecule has 0 aromatic heterocycles. The summed E-state index contributed by atoms with van der Waals surface area (Å²) in [5.41, 5.74) is 4.12. The Morgan fingerprint density at radius 1 is 0.933 bits per heavy atom.